The number of fused-ring (bicyclic) bond motifs is 1. The molecule has 0 fully saturated rings. The zero-order valence-electron chi connectivity index (χ0n) is 14.0. The minimum atomic E-state index is -0.720. The number of esters is 1. The number of nitro benzene ring substituents is 1. The average molecular weight is 393 g/mol. The number of hydrogen-bond donors (Lipinski definition) is 0. The topological polar surface area (TPSA) is 78.7 Å². The molecule has 0 N–H and O–H groups in total. The van der Waals surface area contributed by atoms with Crippen molar-refractivity contribution >= 4 is 33.1 Å². The number of rotatable bonds is 6. The summed E-state index contributed by atoms with van der Waals surface area (Å²) in [6.07, 6.45) is 0. The van der Waals surface area contributed by atoms with E-state index in [0.717, 1.165) is 29.5 Å². The van der Waals surface area contributed by atoms with Gasteiger partial charge in [-0.2, -0.15) is 0 Å². The van der Waals surface area contributed by atoms with E-state index in [1.54, 1.807) is 13.0 Å². The number of ether oxygens (including phenoxy) is 2. The lowest BCUT2D eigenvalue weighted by Gasteiger charge is -2.09. The highest BCUT2D eigenvalue weighted by Gasteiger charge is 2.24. The van der Waals surface area contributed by atoms with Crippen LogP contribution in [0.4, 0.5) is 14.5 Å². The van der Waals surface area contributed by atoms with Gasteiger partial charge in [-0.25, -0.2) is 13.6 Å². The Hall–Kier alpha value is -3.07. The molecule has 6 nitrogen and oxygen atoms in total. The number of hydrogen-bond acceptors (Lipinski definition) is 6. The summed E-state index contributed by atoms with van der Waals surface area (Å²) in [7, 11) is 0. The number of nitro groups is 1. The standard InChI is InChI=1S/C18H13F2NO5S/c1-2-25-18(22)17-11(16-12(20)4-3-5-15(16)27-17)9-26-14-8-10(19)6-7-13(14)21(23)24/h3-8H,2,9H2,1H3. The molecule has 0 aliphatic rings. The second kappa shape index (κ2) is 7.67. The number of nitrogens with zero attached hydrogens (tertiary/aromatic N) is 1. The predicted molar refractivity (Wildman–Crippen MR) is 95.1 cm³/mol. The summed E-state index contributed by atoms with van der Waals surface area (Å²) in [5.74, 6) is -2.25. The van der Waals surface area contributed by atoms with Crippen LogP contribution in [0, 0.1) is 21.7 Å². The van der Waals surface area contributed by atoms with Crippen molar-refractivity contribution in [2.24, 2.45) is 0 Å². The van der Waals surface area contributed by atoms with E-state index >= 15 is 0 Å². The highest BCUT2D eigenvalue weighted by atomic mass is 32.1. The molecule has 0 aliphatic carbocycles. The fourth-order valence-corrected chi connectivity index (χ4v) is 3.69. The van der Waals surface area contributed by atoms with Crippen LogP contribution in [0.3, 0.4) is 0 Å². The molecule has 2 aromatic carbocycles. The lowest BCUT2D eigenvalue weighted by atomic mass is 10.1. The first-order valence-electron chi connectivity index (χ1n) is 7.86. The van der Waals surface area contributed by atoms with Gasteiger partial charge in [0.2, 0.25) is 0 Å². The van der Waals surface area contributed by atoms with Crippen LogP contribution in [0.25, 0.3) is 10.1 Å². The molecule has 140 valence electrons. The second-order valence-corrected chi connectivity index (χ2v) is 6.45. The van der Waals surface area contributed by atoms with Crippen LogP contribution in [-0.2, 0) is 11.3 Å². The molecule has 27 heavy (non-hydrogen) atoms. The third-order valence-electron chi connectivity index (χ3n) is 3.71. The molecule has 1 aromatic heterocycles. The molecule has 9 heteroatoms. The molecule has 0 aliphatic heterocycles. The summed E-state index contributed by atoms with van der Waals surface area (Å²) in [6.45, 7) is 1.41. The number of carbonyl (C=O) groups excluding carboxylic acids is 1. The summed E-state index contributed by atoms with van der Waals surface area (Å²) in [6, 6.07) is 7.16. The van der Waals surface area contributed by atoms with Crippen molar-refractivity contribution < 1.29 is 28.0 Å². The summed E-state index contributed by atoms with van der Waals surface area (Å²) >= 11 is 1.03. The number of benzene rings is 2. The Labute approximate surface area is 156 Å². The first-order chi connectivity index (χ1) is 12.9. The first-order valence-corrected chi connectivity index (χ1v) is 8.67. The molecule has 0 saturated heterocycles. The maximum Gasteiger partial charge on any atom is 0.348 e. The van der Waals surface area contributed by atoms with E-state index in [1.807, 2.05) is 0 Å². The monoisotopic (exact) mass is 393 g/mol. The van der Waals surface area contributed by atoms with E-state index in [4.69, 9.17) is 9.47 Å². The Balaban J connectivity index is 2.04. The molecule has 0 radical (unpaired) electrons. The normalized spacial score (nSPS) is 10.8. The molecule has 0 amide bonds. The molecule has 1 heterocycles. The predicted octanol–water partition coefficient (Wildman–Crippen LogP) is 4.84. The van der Waals surface area contributed by atoms with E-state index < -0.39 is 28.2 Å². The molecule has 0 spiro atoms. The van der Waals surface area contributed by atoms with Gasteiger partial charge in [0.1, 0.15) is 23.1 Å². The van der Waals surface area contributed by atoms with Crippen molar-refractivity contribution in [3.05, 3.63) is 68.6 Å². The molecule has 0 atom stereocenters. The molecule has 3 rings (SSSR count). The van der Waals surface area contributed by atoms with Gasteiger partial charge in [0.15, 0.2) is 5.75 Å². The van der Waals surface area contributed by atoms with Gasteiger partial charge in [0.05, 0.1) is 11.5 Å². The van der Waals surface area contributed by atoms with E-state index in [0.29, 0.717) is 4.70 Å². The third kappa shape index (κ3) is 3.72. The first kappa shape index (κ1) is 18.7. The van der Waals surface area contributed by atoms with Gasteiger partial charge in [0.25, 0.3) is 0 Å². The van der Waals surface area contributed by atoms with Crippen molar-refractivity contribution in [3.8, 4) is 5.75 Å². The fourth-order valence-electron chi connectivity index (χ4n) is 2.57. The minimum absolute atomic E-state index is 0.130. The summed E-state index contributed by atoms with van der Waals surface area (Å²) < 4.78 is 38.7. The third-order valence-corrected chi connectivity index (χ3v) is 4.89. The largest absolute Gasteiger partial charge is 0.482 e. The molecular formula is C18H13F2NO5S. The molecule has 0 unspecified atom stereocenters. The molecule has 0 bridgehead atoms. The minimum Gasteiger partial charge on any atom is -0.482 e. The Morgan fingerprint density at radius 1 is 1.26 bits per heavy atom. The summed E-state index contributed by atoms with van der Waals surface area (Å²) in [5.41, 5.74) is -0.237. The van der Waals surface area contributed by atoms with Gasteiger partial charge >= 0.3 is 11.7 Å². The smallest absolute Gasteiger partial charge is 0.348 e. The van der Waals surface area contributed by atoms with Crippen molar-refractivity contribution in [2.45, 2.75) is 13.5 Å². The van der Waals surface area contributed by atoms with Gasteiger partial charge in [0, 0.05) is 27.8 Å². The van der Waals surface area contributed by atoms with E-state index in [1.165, 1.54) is 12.1 Å². The van der Waals surface area contributed by atoms with Crippen LogP contribution in [0.5, 0.6) is 5.75 Å². The average Bonchev–Trinajstić information content (AvgIpc) is 3.00. The van der Waals surface area contributed by atoms with E-state index in [-0.39, 0.29) is 34.8 Å². The van der Waals surface area contributed by atoms with Gasteiger partial charge in [-0.05, 0) is 25.1 Å². The quantitative estimate of drug-likeness (QED) is 0.340. The molecule has 0 saturated carbocycles. The van der Waals surface area contributed by atoms with E-state index in [2.05, 4.69) is 0 Å². The Kier molecular flexibility index (Phi) is 5.31. The summed E-state index contributed by atoms with van der Waals surface area (Å²) in [5, 5.41) is 11.3. The Morgan fingerprint density at radius 2 is 2.04 bits per heavy atom. The van der Waals surface area contributed by atoms with Crippen molar-refractivity contribution in [1.82, 2.24) is 0 Å². The Bertz CT molecular complexity index is 1030. The van der Waals surface area contributed by atoms with Crippen molar-refractivity contribution in [3.63, 3.8) is 0 Å². The maximum atomic E-state index is 14.3. The molecular weight excluding hydrogens is 380 g/mol. The molecule has 3 aromatic rings. The zero-order valence-corrected chi connectivity index (χ0v) is 14.8. The summed E-state index contributed by atoms with van der Waals surface area (Å²) in [4.78, 5) is 22.7. The van der Waals surface area contributed by atoms with Crippen LogP contribution in [-0.4, -0.2) is 17.5 Å². The SMILES string of the molecule is CCOC(=O)c1sc2cccc(F)c2c1COc1cc(F)ccc1[N+](=O)[O-]. The van der Waals surface area contributed by atoms with Crippen molar-refractivity contribution in [1.29, 1.82) is 0 Å². The maximum absolute atomic E-state index is 14.3. The van der Waals surface area contributed by atoms with Crippen LogP contribution < -0.4 is 4.74 Å². The number of halogens is 2. The highest BCUT2D eigenvalue weighted by Crippen LogP contribution is 2.36. The van der Waals surface area contributed by atoms with Gasteiger partial charge in [-0.3, -0.25) is 10.1 Å². The highest BCUT2D eigenvalue weighted by molar-refractivity contribution is 7.21. The number of thiophene rings is 1. The van der Waals surface area contributed by atoms with E-state index in [9.17, 15) is 23.7 Å². The lowest BCUT2D eigenvalue weighted by Crippen LogP contribution is -2.08. The second-order valence-electron chi connectivity index (χ2n) is 5.40. The van der Waals surface area contributed by atoms with Gasteiger partial charge in [-0.1, -0.05) is 6.07 Å². The Morgan fingerprint density at radius 3 is 2.74 bits per heavy atom. The van der Waals surface area contributed by atoms with Crippen LogP contribution in [0.1, 0.15) is 22.2 Å². The zero-order chi connectivity index (χ0) is 19.6. The van der Waals surface area contributed by atoms with Crippen LogP contribution >= 0.6 is 11.3 Å². The van der Waals surface area contributed by atoms with Gasteiger partial charge < -0.3 is 9.47 Å². The fraction of sp³-hybridized carbons (Fsp3) is 0.167. The van der Waals surface area contributed by atoms with Crippen LogP contribution in [0.2, 0.25) is 0 Å². The van der Waals surface area contributed by atoms with Crippen LogP contribution in [0.15, 0.2) is 36.4 Å². The van der Waals surface area contributed by atoms with Crippen molar-refractivity contribution in [2.75, 3.05) is 6.61 Å². The number of carbonyl (C=O) groups is 1. The van der Waals surface area contributed by atoms with Gasteiger partial charge in [-0.15, -0.1) is 11.3 Å². The lowest BCUT2D eigenvalue weighted by molar-refractivity contribution is -0.386.